The van der Waals surface area contributed by atoms with Gasteiger partial charge in [-0.2, -0.15) is 5.26 Å². The third kappa shape index (κ3) is 3.20. The van der Waals surface area contributed by atoms with E-state index < -0.39 is 0 Å². The molecule has 2 aromatic rings. The fourth-order valence-electron chi connectivity index (χ4n) is 3.16. The third-order valence-electron chi connectivity index (χ3n) is 4.40. The van der Waals surface area contributed by atoms with E-state index in [-0.39, 0.29) is 0 Å². The van der Waals surface area contributed by atoms with Crippen LogP contribution in [0.2, 0.25) is 0 Å². The van der Waals surface area contributed by atoms with Gasteiger partial charge in [0.2, 0.25) is 0 Å². The second-order valence-electron chi connectivity index (χ2n) is 5.84. The van der Waals surface area contributed by atoms with Crippen LogP contribution >= 0.6 is 0 Å². The lowest BCUT2D eigenvalue weighted by Gasteiger charge is -2.29. The summed E-state index contributed by atoms with van der Waals surface area (Å²) in [6.07, 6.45) is 4.63. The first-order valence-corrected chi connectivity index (χ1v) is 7.74. The Hall–Kier alpha value is -2.54. The summed E-state index contributed by atoms with van der Waals surface area (Å²) in [6.45, 7) is 0. The number of nitrogens with one attached hydrogen (secondary N) is 1. The van der Waals surface area contributed by atoms with Crippen molar-refractivity contribution in [1.82, 2.24) is 4.98 Å². The Kier molecular flexibility index (Phi) is 4.24. The molecule has 4 heteroatoms. The number of nitrogens with zero attached hydrogens (tertiary/aromatic N) is 2. The van der Waals surface area contributed by atoms with Gasteiger partial charge in [-0.05, 0) is 49.3 Å². The molecule has 3 rings (SSSR count). The van der Waals surface area contributed by atoms with Gasteiger partial charge in [0, 0.05) is 6.04 Å². The molecular weight excluding hydrogens is 272 g/mol. The van der Waals surface area contributed by atoms with Crippen LogP contribution in [-0.4, -0.2) is 11.0 Å². The van der Waals surface area contributed by atoms with Crippen molar-refractivity contribution in [3.63, 3.8) is 0 Å². The zero-order chi connectivity index (χ0) is 15.4. The molecule has 1 fully saturated rings. The Balaban J connectivity index is 1.58. The summed E-state index contributed by atoms with van der Waals surface area (Å²) in [5, 5.41) is 12.3. The summed E-state index contributed by atoms with van der Waals surface area (Å²) < 4.78 is 0. The highest BCUT2D eigenvalue weighted by atomic mass is 15.0. The van der Waals surface area contributed by atoms with Crippen molar-refractivity contribution in [1.29, 1.82) is 5.26 Å². The number of nitrogen functional groups attached to an aromatic ring is 1. The van der Waals surface area contributed by atoms with Crippen molar-refractivity contribution in [2.45, 2.75) is 37.6 Å². The standard InChI is InChI=1S/C18H20N4/c19-12-15-8-11-17(22-18(15)20)21-16-9-6-14(7-10-16)13-4-2-1-3-5-13/h1-5,8,11,14,16H,6-7,9-10H2,(H3,20,21,22). The SMILES string of the molecule is N#Cc1ccc(NC2CCC(c3ccccc3)CC2)nc1N. The van der Waals surface area contributed by atoms with Crippen LogP contribution in [0.25, 0.3) is 0 Å². The molecular formula is C18H20N4. The first kappa shape index (κ1) is 14.4. The van der Waals surface area contributed by atoms with Gasteiger partial charge < -0.3 is 11.1 Å². The lowest BCUT2D eigenvalue weighted by molar-refractivity contribution is 0.412. The fourth-order valence-corrected chi connectivity index (χ4v) is 3.16. The van der Waals surface area contributed by atoms with E-state index in [2.05, 4.69) is 40.6 Å². The van der Waals surface area contributed by atoms with E-state index in [0.717, 1.165) is 18.7 Å². The summed E-state index contributed by atoms with van der Waals surface area (Å²) in [5.41, 5.74) is 7.64. The van der Waals surface area contributed by atoms with Gasteiger partial charge in [-0.15, -0.1) is 0 Å². The van der Waals surface area contributed by atoms with E-state index in [1.807, 2.05) is 12.1 Å². The molecule has 0 bridgehead atoms. The van der Waals surface area contributed by atoms with E-state index in [0.29, 0.717) is 23.3 Å². The van der Waals surface area contributed by atoms with Gasteiger partial charge in [0.15, 0.2) is 0 Å². The monoisotopic (exact) mass is 292 g/mol. The molecule has 0 amide bonds. The van der Waals surface area contributed by atoms with Crippen LogP contribution < -0.4 is 11.1 Å². The van der Waals surface area contributed by atoms with Crippen LogP contribution in [0.15, 0.2) is 42.5 Å². The highest BCUT2D eigenvalue weighted by molar-refractivity contribution is 5.54. The average molecular weight is 292 g/mol. The normalized spacial score (nSPS) is 21.0. The molecule has 1 heterocycles. The zero-order valence-electron chi connectivity index (χ0n) is 12.5. The van der Waals surface area contributed by atoms with E-state index in [4.69, 9.17) is 11.0 Å². The molecule has 1 aliphatic rings. The minimum atomic E-state index is 0.297. The molecule has 0 unspecified atom stereocenters. The van der Waals surface area contributed by atoms with Gasteiger partial charge in [-0.25, -0.2) is 4.98 Å². The molecule has 1 saturated carbocycles. The summed E-state index contributed by atoms with van der Waals surface area (Å²) >= 11 is 0. The molecule has 1 aromatic heterocycles. The third-order valence-corrected chi connectivity index (χ3v) is 4.40. The molecule has 112 valence electrons. The first-order valence-electron chi connectivity index (χ1n) is 7.74. The molecule has 0 spiro atoms. The molecule has 0 saturated heterocycles. The molecule has 0 aliphatic heterocycles. The second kappa shape index (κ2) is 6.48. The number of aromatic nitrogens is 1. The van der Waals surface area contributed by atoms with Crippen LogP contribution in [-0.2, 0) is 0 Å². The van der Waals surface area contributed by atoms with Gasteiger partial charge in [0.1, 0.15) is 17.7 Å². The number of benzene rings is 1. The molecule has 1 aromatic carbocycles. The number of nitrogens with two attached hydrogens (primary N) is 1. The summed E-state index contributed by atoms with van der Waals surface area (Å²) in [7, 11) is 0. The van der Waals surface area contributed by atoms with Crippen LogP contribution in [0.3, 0.4) is 0 Å². The molecule has 0 radical (unpaired) electrons. The summed E-state index contributed by atoms with van der Waals surface area (Å²) in [5.74, 6) is 1.73. The summed E-state index contributed by atoms with van der Waals surface area (Å²) in [6, 6.07) is 16.8. The van der Waals surface area contributed by atoms with Gasteiger partial charge in [0.25, 0.3) is 0 Å². The van der Waals surface area contributed by atoms with E-state index in [9.17, 15) is 0 Å². The average Bonchev–Trinajstić information content (AvgIpc) is 2.57. The predicted octanol–water partition coefficient (Wildman–Crippen LogP) is 3.67. The minimum Gasteiger partial charge on any atom is -0.383 e. The maximum absolute atomic E-state index is 8.88. The van der Waals surface area contributed by atoms with Crippen LogP contribution in [0.4, 0.5) is 11.6 Å². The molecule has 4 nitrogen and oxygen atoms in total. The van der Waals surface area contributed by atoms with Crippen LogP contribution in [0, 0.1) is 11.3 Å². The van der Waals surface area contributed by atoms with E-state index in [1.54, 1.807) is 6.07 Å². The topological polar surface area (TPSA) is 74.7 Å². The van der Waals surface area contributed by atoms with Crippen molar-refractivity contribution in [3.8, 4) is 6.07 Å². The largest absolute Gasteiger partial charge is 0.383 e. The van der Waals surface area contributed by atoms with Gasteiger partial charge in [0.05, 0.1) is 5.56 Å². The number of nitriles is 1. The first-order chi connectivity index (χ1) is 10.8. The lowest BCUT2D eigenvalue weighted by atomic mass is 9.82. The molecule has 3 N–H and O–H groups in total. The van der Waals surface area contributed by atoms with Gasteiger partial charge >= 0.3 is 0 Å². The number of rotatable bonds is 3. The van der Waals surface area contributed by atoms with Gasteiger partial charge in [-0.3, -0.25) is 0 Å². The lowest BCUT2D eigenvalue weighted by Crippen LogP contribution is -2.26. The molecule has 1 aliphatic carbocycles. The number of hydrogen-bond acceptors (Lipinski definition) is 4. The quantitative estimate of drug-likeness (QED) is 0.905. The predicted molar refractivity (Wildman–Crippen MR) is 88.4 cm³/mol. The van der Waals surface area contributed by atoms with Crippen LogP contribution in [0.5, 0.6) is 0 Å². The van der Waals surface area contributed by atoms with Crippen LogP contribution in [0.1, 0.15) is 42.7 Å². The van der Waals surface area contributed by atoms with Crippen molar-refractivity contribution in [3.05, 3.63) is 53.6 Å². The van der Waals surface area contributed by atoms with Gasteiger partial charge in [-0.1, -0.05) is 30.3 Å². The number of hydrogen-bond donors (Lipinski definition) is 2. The maximum Gasteiger partial charge on any atom is 0.143 e. The smallest absolute Gasteiger partial charge is 0.143 e. The Morgan fingerprint density at radius 3 is 2.41 bits per heavy atom. The molecule has 0 atom stereocenters. The summed E-state index contributed by atoms with van der Waals surface area (Å²) in [4.78, 5) is 4.26. The Labute approximate surface area is 131 Å². The maximum atomic E-state index is 8.88. The van der Waals surface area contributed by atoms with Crippen molar-refractivity contribution in [2.24, 2.45) is 0 Å². The highest BCUT2D eigenvalue weighted by Gasteiger charge is 2.22. The van der Waals surface area contributed by atoms with E-state index >= 15 is 0 Å². The van der Waals surface area contributed by atoms with Crippen molar-refractivity contribution < 1.29 is 0 Å². The number of pyridine rings is 1. The van der Waals surface area contributed by atoms with Crippen molar-refractivity contribution >= 4 is 11.6 Å². The van der Waals surface area contributed by atoms with Crippen molar-refractivity contribution in [2.75, 3.05) is 11.1 Å². The Morgan fingerprint density at radius 2 is 1.77 bits per heavy atom. The zero-order valence-corrected chi connectivity index (χ0v) is 12.5. The molecule has 22 heavy (non-hydrogen) atoms. The second-order valence-corrected chi connectivity index (χ2v) is 5.84. The number of anilines is 2. The fraction of sp³-hybridized carbons (Fsp3) is 0.333. The van der Waals surface area contributed by atoms with E-state index in [1.165, 1.54) is 18.4 Å². The minimum absolute atomic E-state index is 0.297. The highest BCUT2D eigenvalue weighted by Crippen LogP contribution is 2.33. The Bertz CT molecular complexity index is 667. The Morgan fingerprint density at radius 1 is 1.05 bits per heavy atom.